The van der Waals surface area contributed by atoms with E-state index >= 15 is 0 Å². The molecule has 0 spiro atoms. The van der Waals surface area contributed by atoms with E-state index in [1.165, 1.54) is 0 Å². The molecule has 38 valence electrons. The first-order chi connectivity index (χ1) is 3.39. The largest absolute Gasteiger partial charge is 0.165 e. The van der Waals surface area contributed by atoms with E-state index in [1.54, 1.807) is 0 Å². The van der Waals surface area contributed by atoms with Crippen LogP contribution in [0, 0.1) is 0 Å². The van der Waals surface area contributed by atoms with Crippen molar-refractivity contribution in [2.75, 3.05) is 6.26 Å². The molecule has 1 aliphatic rings. The highest BCUT2D eigenvalue weighted by atomic mass is 32.2. The average molecular weight is 112 g/mol. The molecule has 0 aromatic rings. The van der Waals surface area contributed by atoms with Crippen LogP contribution in [0.25, 0.3) is 0 Å². The normalized spacial score (nSPS) is 27.3. The van der Waals surface area contributed by atoms with Crippen LogP contribution >= 0.6 is 10.5 Å². The van der Waals surface area contributed by atoms with Crippen molar-refractivity contribution in [1.82, 2.24) is 0 Å². The van der Waals surface area contributed by atoms with Gasteiger partial charge in [-0.3, -0.25) is 0 Å². The molecule has 1 atom stereocenters. The summed E-state index contributed by atoms with van der Waals surface area (Å²) in [6.07, 6.45) is 8.42. The first-order valence-corrected chi connectivity index (χ1v) is 3.97. The Hall–Kier alpha value is -0.300. The Kier molecular flexibility index (Phi) is 1.47. The van der Waals surface area contributed by atoms with E-state index in [2.05, 4.69) is 29.2 Å². The van der Waals surface area contributed by atoms with E-state index in [1.807, 2.05) is 6.08 Å². The van der Waals surface area contributed by atoms with Gasteiger partial charge in [0.2, 0.25) is 0 Å². The van der Waals surface area contributed by atoms with Crippen molar-refractivity contribution >= 4 is 15.9 Å². The number of hydrogen-bond acceptors (Lipinski definition) is 0. The minimum Gasteiger partial charge on any atom is -0.165 e. The molecule has 1 rings (SSSR count). The van der Waals surface area contributed by atoms with Gasteiger partial charge in [-0.25, -0.2) is 0 Å². The van der Waals surface area contributed by atoms with Crippen molar-refractivity contribution in [2.45, 2.75) is 0 Å². The molecule has 0 amide bonds. The number of rotatable bonds is 0. The van der Waals surface area contributed by atoms with Crippen molar-refractivity contribution in [3.63, 3.8) is 0 Å². The first-order valence-electron chi connectivity index (χ1n) is 2.21. The minimum absolute atomic E-state index is 0.417. The third-order valence-electron chi connectivity index (χ3n) is 0.809. The van der Waals surface area contributed by atoms with Crippen LogP contribution in [0.15, 0.2) is 23.6 Å². The van der Waals surface area contributed by atoms with Crippen LogP contribution in [0.5, 0.6) is 0 Å². The van der Waals surface area contributed by atoms with E-state index in [0.29, 0.717) is 10.5 Å². The molecule has 0 N–H and O–H groups in total. The predicted octanol–water partition coefficient (Wildman–Crippen LogP) is 1.77. The van der Waals surface area contributed by atoms with E-state index in [0.717, 1.165) is 0 Å². The monoisotopic (exact) mass is 112 g/mol. The van der Waals surface area contributed by atoms with Gasteiger partial charge in [0.15, 0.2) is 0 Å². The Bertz CT molecular complexity index is 140. The SMILES string of the molecule is CS1=CC=CC=C1. The third kappa shape index (κ3) is 1.32. The smallest absolute Gasteiger partial charge is 0.0195 e. The van der Waals surface area contributed by atoms with Crippen molar-refractivity contribution < 1.29 is 0 Å². The lowest BCUT2D eigenvalue weighted by Crippen LogP contribution is -1.68. The van der Waals surface area contributed by atoms with Crippen molar-refractivity contribution in [3.8, 4) is 0 Å². The van der Waals surface area contributed by atoms with E-state index in [4.69, 9.17) is 0 Å². The van der Waals surface area contributed by atoms with Gasteiger partial charge in [0, 0.05) is 0 Å². The molecule has 0 aromatic carbocycles. The highest BCUT2D eigenvalue weighted by Crippen LogP contribution is 2.09. The molecule has 0 nitrogen and oxygen atoms in total. The maximum absolute atomic E-state index is 2.19. The fraction of sp³-hybridized carbons (Fsp3) is 0.167. The van der Waals surface area contributed by atoms with Crippen molar-refractivity contribution in [2.24, 2.45) is 0 Å². The van der Waals surface area contributed by atoms with Crippen LogP contribution in [0.3, 0.4) is 0 Å². The van der Waals surface area contributed by atoms with Gasteiger partial charge >= 0.3 is 0 Å². The zero-order chi connectivity index (χ0) is 5.11. The molecule has 0 saturated heterocycles. The van der Waals surface area contributed by atoms with E-state index in [9.17, 15) is 0 Å². The minimum atomic E-state index is 0.417. The lowest BCUT2D eigenvalue weighted by atomic mass is 10.5. The van der Waals surface area contributed by atoms with Gasteiger partial charge in [-0.2, -0.15) is 10.5 Å². The molecule has 1 unspecified atom stereocenters. The van der Waals surface area contributed by atoms with Gasteiger partial charge in [-0.1, -0.05) is 18.2 Å². The van der Waals surface area contributed by atoms with E-state index in [-0.39, 0.29) is 0 Å². The summed E-state index contributed by atoms with van der Waals surface area (Å²) in [6.45, 7) is 0. The van der Waals surface area contributed by atoms with Crippen LogP contribution in [-0.4, -0.2) is 11.6 Å². The Morgan fingerprint density at radius 3 is 2.29 bits per heavy atom. The van der Waals surface area contributed by atoms with Gasteiger partial charge in [0.05, 0.1) is 0 Å². The summed E-state index contributed by atoms with van der Waals surface area (Å²) in [6, 6.07) is 0. The van der Waals surface area contributed by atoms with Crippen molar-refractivity contribution in [1.29, 1.82) is 0 Å². The van der Waals surface area contributed by atoms with E-state index < -0.39 is 0 Å². The van der Waals surface area contributed by atoms with Crippen molar-refractivity contribution in [3.05, 3.63) is 23.6 Å². The fourth-order valence-corrected chi connectivity index (χ4v) is 1.22. The molecule has 0 aromatic heterocycles. The first kappa shape index (κ1) is 4.85. The standard InChI is InChI=1S/C6H8S/c1-7-5-3-2-4-6-7/h2-6H,1H3. The van der Waals surface area contributed by atoms with Gasteiger partial charge in [-0.05, 0) is 17.0 Å². The summed E-state index contributed by atoms with van der Waals surface area (Å²) < 4.78 is 0. The Morgan fingerprint density at radius 2 is 2.00 bits per heavy atom. The lowest BCUT2D eigenvalue weighted by Gasteiger charge is -1.91. The average Bonchev–Trinajstić information content (AvgIpc) is 1.69. The van der Waals surface area contributed by atoms with Crippen LogP contribution < -0.4 is 0 Å². The summed E-state index contributed by atoms with van der Waals surface area (Å²) in [4.78, 5) is 0. The summed E-state index contributed by atoms with van der Waals surface area (Å²) in [5.41, 5.74) is 0. The van der Waals surface area contributed by atoms with Gasteiger partial charge in [0.1, 0.15) is 0 Å². The molecular formula is C6H8S. The summed E-state index contributed by atoms with van der Waals surface area (Å²) >= 11 is 0. The second kappa shape index (κ2) is 2.12. The lowest BCUT2D eigenvalue weighted by molar-refractivity contribution is 2.06. The van der Waals surface area contributed by atoms with Crippen LogP contribution in [0.4, 0.5) is 0 Å². The quantitative estimate of drug-likeness (QED) is 0.419. The molecule has 1 heterocycles. The molecule has 1 heteroatoms. The summed E-state index contributed by atoms with van der Waals surface area (Å²) in [5, 5.41) is 4.39. The highest BCUT2D eigenvalue weighted by Gasteiger charge is 1.76. The molecule has 7 heavy (non-hydrogen) atoms. The molecule has 1 aliphatic heterocycles. The topological polar surface area (TPSA) is 0 Å². The van der Waals surface area contributed by atoms with Gasteiger partial charge in [0.25, 0.3) is 0 Å². The maximum Gasteiger partial charge on any atom is -0.0195 e. The molecule has 0 bridgehead atoms. The number of hydrogen-bond donors (Lipinski definition) is 0. The zero-order valence-electron chi connectivity index (χ0n) is 4.29. The Morgan fingerprint density at radius 1 is 1.14 bits per heavy atom. The summed E-state index contributed by atoms with van der Waals surface area (Å²) in [5.74, 6) is 0. The molecule has 0 fully saturated rings. The van der Waals surface area contributed by atoms with Crippen LogP contribution in [-0.2, 0) is 0 Å². The molecule has 0 saturated carbocycles. The molecular weight excluding hydrogens is 104 g/mol. The van der Waals surface area contributed by atoms with Gasteiger partial charge in [-0.15, -0.1) is 0 Å². The number of allylic oxidation sites excluding steroid dienone is 3. The maximum atomic E-state index is 2.19. The highest BCUT2D eigenvalue weighted by molar-refractivity contribution is 8.17. The Balaban J connectivity index is 2.82. The predicted molar refractivity (Wildman–Crippen MR) is 37.9 cm³/mol. The third-order valence-corrected chi connectivity index (χ3v) is 1.98. The molecule has 0 radical (unpaired) electrons. The Labute approximate surface area is 46.5 Å². The van der Waals surface area contributed by atoms with Crippen LogP contribution in [0.1, 0.15) is 0 Å². The fourth-order valence-electron chi connectivity index (χ4n) is 0.448. The zero-order valence-corrected chi connectivity index (χ0v) is 5.11. The second-order valence-corrected chi connectivity index (χ2v) is 3.22. The second-order valence-electron chi connectivity index (χ2n) is 1.46. The molecule has 0 aliphatic carbocycles. The summed E-state index contributed by atoms with van der Waals surface area (Å²) in [7, 11) is 0.417. The van der Waals surface area contributed by atoms with Crippen LogP contribution in [0.2, 0.25) is 0 Å². The van der Waals surface area contributed by atoms with Gasteiger partial charge < -0.3 is 0 Å².